The molecule has 1 rings (SSSR count). The van der Waals surface area contributed by atoms with Crippen LogP contribution in [0.1, 0.15) is 19.4 Å². The molecule has 0 aliphatic carbocycles. The molecule has 0 unspecified atom stereocenters. The summed E-state index contributed by atoms with van der Waals surface area (Å²) in [5.74, 6) is -0.815. The molecule has 0 atom stereocenters. The summed E-state index contributed by atoms with van der Waals surface area (Å²) in [6.07, 6.45) is -17.4. The van der Waals surface area contributed by atoms with Crippen molar-refractivity contribution >= 4 is 28.5 Å². The van der Waals surface area contributed by atoms with E-state index in [1.54, 1.807) is 0 Å². The van der Waals surface area contributed by atoms with Crippen LogP contribution in [0.3, 0.4) is 0 Å². The third-order valence-corrected chi connectivity index (χ3v) is 3.79. The number of alkyl halides is 9. The van der Waals surface area contributed by atoms with Crippen LogP contribution in [0.2, 0.25) is 0 Å². The van der Waals surface area contributed by atoms with Gasteiger partial charge >= 0.3 is 30.3 Å². The van der Waals surface area contributed by atoms with Crippen molar-refractivity contribution in [3.8, 4) is 0 Å². The molecule has 1 aromatic carbocycles. The number of amides is 2. The number of nitrogens with one attached hydrogen (secondary N) is 2. The van der Waals surface area contributed by atoms with Crippen LogP contribution in [0.5, 0.6) is 0 Å². The highest BCUT2D eigenvalue weighted by molar-refractivity contribution is 6.65. The predicted molar refractivity (Wildman–Crippen MR) is 87.7 cm³/mol. The van der Waals surface area contributed by atoms with E-state index in [4.69, 9.17) is 11.6 Å². The highest BCUT2D eigenvalue weighted by Gasteiger charge is 2.76. The van der Waals surface area contributed by atoms with E-state index in [2.05, 4.69) is 9.99 Å². The van der Waals surface area contributed by atoms with Gasteiger partial charge in [-0.3, -0.25) is 5.32 Å². The molecule has 0 spiro atoms. The van der Waals surface area contributed by atoms with Gasteiger partial charge in [-0.2, -0.15) is 39.5 Å². The molecule has 0 saturated carbocycles. The van der Waals surface area contributed by atoms with Gasteiger partial charge in [-0.1, -0.05) is 36.7 Å². The Kier molecular flexibility index (Phi) is 7.51. The van der Waals surface area contributed by atoms with Crippen LogP contribution in [0, 0.1) is 5.92 Å². The zero-order chi connectivity index (χ0) is 23.5. The highest BCUT2D eigenvalue weighted by Crippen LogP contribution is 2.44. The second-order valence-electron chi connectivity index (χ2n) is 5.99. The number of halogens is 10. The molecule has 1 aromatic rings. The van der Waals surface area contributed by atoms with Crippen molar-refractivity contribution in [3.63, 3.8) is 0 Å². The molecule has 0 aliphatic rings. The first-order valence-corrected chi connectivity index (χ1v) is 8.10. The molecule has 0 aromatic heterocycles. The summed E-state index contributed by atoms with van der Waals surface area (Å²) in [5.41, 5.74) is -7.37. The van der Waals surface area contributed by atoms with E-state index in [0.717, 1.165) is 12.1 Å². The Morgan fingerprint density at radius 2 is 1.57 bits per heavy atom. The maximum Gasteiger partial charge on any atom is 0.461 e. The summed E-state index contributed by atoms with van der Waals surface area (Å²) in [6.45, 7) is 2.57. The van der Waals surface area contributed by atoms with Gasteiger partial charge in [0.05, 0.1) is 5.56 Å². The Bertz CT molecular complexity index is 775. The largest absolute Gasteiger partial charge is 0.461 e. The molecule has 5 nitrogen and oxygen atoms in total. The standard InChI is InChI=1S/C15H13ClF9N3O2/c1-7(2)10(16)28-30-13(14(20,21)22,15(23,24)25)27-11(29)26-9-5-3-4-8(6-9)12(17,18)19/h3-7H,1-2H3,(H2,26,27,29). The van der Waals surface area contributed by atoms with Gasteiger partial charge in [-0.25, -0.2) is 4.79 Å². The lowest BCUT2D eigenvalue weighted by Gasteiger charge is -2.34. The maximum atomic E-state index is 13.3. The number of hydrogen-bond donors (Lipinski definition) is 2. The van der Waals surface area contributed by atoms with Crippen molar-refractivity contribution in [2.45, 2.75) is 38.1 Å². The minimum absolute atomic E-state index is 0.303. The zero-order valence-electron chi connectivity index (χ0n) is 14.9. The molecule has 0 fully saturated rings. The number of rotatable bonds is 5. The van der Waals surface area contributed by atoms with E-state index in [-0.39, 0.29) is 0 Å². The van der Waals surface area contributed by atoms with Crippen molar-refractivity contribution in [3.05, 3.63) is 29.8 Å². The van der Waals surface area contributed by atoms with E-state index < -0.39 is 52.6 Å². The van der Waals surface area contributed by atoms with Gasteiger partial charge in [-0.05, 0) is 18.2 Å². The topological polar surface area (TPSA) is 62.7 Å². The zero-order valence-corrected chi connectivity index (χ0v) is 15.7. The van der Waals surface area contributed by atoms with Gasteiger partial charge in [0, 0.05) is 11.6 Å². The van der Waals surface area contributed by atoms with Crippen LogP contribution >= 0.6 is 11.6 Å². The summed E-state index contributed by atoms with van der Waals surface area (Å²) < 4.78 is 118. The molecule has 0 saturated heterocycles. The molecular formula is C15H13ClF9N3O2. The lowest BCUT2D eigenvalue weighted by atomic mass is 10.2. The average Bonchev–Trinajstić information content (AvgIpc) is 2.55. The minimum atomic E-state index is -6.28. The van der Waals surface area contributed by atoms with Gasteiger partial charge in [0.2, 0.25) is 0 Å². The SMILES string of the molecule is CC(C)C(Cl)=NOC(NC(=O)Nc1cccc(C(F)(F)F)c1)(C(F)(F)F)C(F)(F)F. The fourth-order valence-corrected chi connectivity index (χ4v) is 1.78. The monoisotopic (exact) mass is 473 g/mol. The lowest BCUT2D eigenvalue weighted by Crippen LogP contribution is -2.69. The summed E-state index contributed by atoms with van der Waals surface area (Å²) in [5, 5.41) is 3.81. The smallest absolute Gasteiger partial charge is 0.346 e. The van der Waals surface area contributed by atoms with Crippen LogP contribution in [0.15, 0.2) is 29.4 Å². The Balaban J connectivity index is 3.27. The number of hydrogen-bond acceptors (Lipinski definition) is 3. The van der Waals surface area contributed by atoms with Crippen LogP contribution < -0.4 is 10.6 Å². The molecular weight excluding hydrogens is 461 g/mol. The minimum Gasteiger partial charge on any atom is -0.346 e. The summed E-state index contributed by atoms with van der Waals surface area (Å²) in [4.78, 5) is 15.4. The molecule has 15 heteroatoms. The van der Waals surface area contributed by atoms with Crippen molar-refractivity contribution < 1.29 is 49.1 Å². The third kappa shape index (κ3) is 6.06. The van der Waals surface area contributed by atoms with Gasteiger partial charge in [0.25, 0.3) is 0 Å². The fourth-order valence-electron chi connectivity index (χ4n) is 1.74. The normalized spacial score (nSPS) is 14.0. The maximum absolute atomic E-state index is 13.3. The molecule has 2 amide bonds. The first-order chi connectivity index (χ1) is 13.4. The van der Waals surface area contributed by atoms with Crippen LogP contribution in [0.4, 0.5) is 50.0 Å². The van der Waals surface area contributed by atoms with E-state index >= 15 is 0 Å². The fraction of sp³-hybridized carbons (Fsp3) is 0.467. The molecule has 2 N–H and O–H groups in total. The number of oxime groups is 1. The molecule has 0 heterocycles. The number of carbonyl (C=O) groups is 1. The second-order valence-corrected chi connectivity index (χ2v) is 6.38. The average molecular weight is 474 g/mol. The van der Waals surface area contributed by atoms with Gasteiger partial charge in [-0.15, -0.1) is 0 Å². The van der Waals surface area contributed by atoms with Crippen molar-refractivity contribution in [2.75, 3.05) is 5.32 Å². The van der Waals surface area contributed by atoms with Crippen molar-refractivity contribution in [1.29, 1.82) is 0 Å². The molecule has 0 radical (unpaired) electrons. The Morgan fingerprint density at radius 3 is 2.00 bits per heavy atom. The number of urea groups is 1. The molecule has 170 valence electrons. The number of nitrogens with zero attached hydrogens (tertiary/aromatic N) is 1. The van der Waals surface area contributed by atoms with Gasteiger partial charge < -0.3 is 10.2 Å². The Labute approximate surface area is 168 Å². The number of carbonyl (C=O) groups excluding carboxylic acids is 1. The first-order valence-electron chi connectivity index (χ1n) is 7.72. The van der Waals surface area contributed by atoms with E-state index in [1.807, 2.05) is 0 Å². The van der Waals surface area contributed by atoms with E-state index in [9.17, 15) is 44.3 Å². The van der Waals surface area contributed by atoms with Crippen molar-refractivity contribution in [2.24, 2.45) is 11.1 Å². The van der Waals surface area contributed by atoms with Crippen molar-refractivity contribution in [1.82, 2.24) is 5.32 Å². The molecule has 30 heavy (non-hydrogen) atoms. The predicted octanol–water partition coefficient (Wildman–Crippen LogP) is 5.87. The Morgan fingerprint density at radius 1 is 1.03 bits per heavy atom. The van der Waals surface area contributed by atoms with Gasteiger partial charge in [0.15, 0.2) is 0 Å². The quantitative estimate of drug-likeness (QED) is 0.243. The lowest BCUT2D eigenvalue weighted by molar-refractivity contribution is -0.388. The summed E-state index contributed by atoms with van der Waals surface area (Å²) >= 11 is 5.40. The highest BCUT2D eigenvalue weighted by atomic mass is 35.5. The van der Waals surface area contributed by atoms with E-state index in [1.165, 1.54) is 19.2 Å². The summed E-state index contributed by atoms with van der Waals surface area (Å²) in [7, 11) is 0. The number of benzene rings is 1. The third-order valence-electron chi connectivity index (χ3n) is 3.28. The molecule has 0 aliphatic heterocycles. The van der Waals surface area contributed by atoms with Crippen LogP contribution in [-0.2, 0) is 11.0 Å². The number of anilines is 1. The Hall–Kier alpha value is -2.38. The van der Waals surface area contributed by atoms with Gasteiger partial charge in [0.1, 0.15) is 5.17 Å². The van der Waals surface area contributed by atoms with Crippen LogP contribution in [0.25, 0.3) is 0 Å². The molecule has 0 bridgehead atoms. The second kappa shape index (κ2) is 8.78. The first kappa shape index (κ1) is 25.7. The van der Waals surface area contributed by atoms with Crippen LogP contribution in [-0.4, -0.2) is 29.3 Å². The summed E-state index contributed by atoms with van der Waals surface area (Å²) in [6, 6.07) is 0.302. The van der Waals surface area contributed by atoms with E-state index in [0.29, 0.717) is 17.4 Å².